The number of anilines is 1. The maximum Gasteiger partial charge on any atom is 0.191 e. The highest BCUT2D eigenvalue weighted by Gasteiger charge is 2.06. The average Bonchev–Trinajstić information content (AvgIpc) is 2.76. The minimum Gasteiger partial charge on any atom is -0.493 e. The molecule has 0 spiro atoms. The number of nitrogens with one attached hydrogen (secondary N) is 2. The number of methoxy groups -OCH3 is 1. The van der Waals surface area contributed by atoms with E-state index < -0.39 is 0 Å². The Kier molecular flexibility index (Phi) is 7.40. The summed E-state index contributed by atoms with van der Waals surface area (Å²) in [5.74, 6) is 1.32. The summed E-state index contributed by atoms with van der Waals surface area (Å²) >= 11 is 5.34. The number of thiocarbonyl (C=S) groups is 1. The van der Waals surface area contributed by atoms with E-state index in [0.29, 0.717) is 23.2 Å². The Bertz CT molecular complexity index is 1020. The van der Waals surface area contributed by atoms with Gasteiger partial charge in [0, 0.05) is 5.69 Å². The Hall–Kier alpha value is -3.38. The third kappa shape index (κ3) is 5.81. The molecule has 3 rings (SSSR count). The van der Waals surface area contributed by atoms with Crippen molar-refractivity contribution in [3.63, 3.8) is 0 Å². The number of para-hydroxylation sites is 1. The Morgan fingerprint density at radius 1 is 0.967 bits per heavy atom. The van der Waals surface area contributed by atoms with Crippen molar-refractivity contribution in [2.24, 2.45) is 5.10 Å². The van der Waals surface area contributed by atoms with Crippen LogP contribution >= 0.6 is 12.2 Å². The number of hydrogen-bond acceptors (Lipinski definition) is 4. The standard InChI is InChI=1S/C24H25N3O2S/c1-17-8-7-9-18(2)23(17)26-24(30)27-25-15-20-12-13-21(22(14-20)28-3)29-16-19-10-5-4-6-11-19/h4-15H,16H2,1-3H3,(H2,26,27,30)/b25-15-. The van der Waals surface area contributed by atoms with Gasteiger partial charge in [-0.1, -0.05) is 48.5 Å². The second-order valence-electron chi connectivity index (χ2n) is 6.78. The highest BCUT2D eigenvalue weighted by atomic mass is 32.1. The third-order valence-corrected chi connectivity index (χ3v) is 4.72. The Morgan fingerprint density at radius 2 is 1.70 bits per heavy atom. The highest BCUT2D eigenvalue weighted by Crippen LogP contribution is 2.28. The molecule has 154 valence electrons. The number of nitrogens with zero attached hydrogens (tertiary/aromatic N) is 1. The molecule has 5 nitrogen and oxygen atoms in total. The maximum absolute atomic E-state index is 5.88. The van der Waals surface area contributed by atoms with Gasteiger partial charge in [-0.15, -0.1) is 0 Å². The second-order valence-corrected chi connectivity index (χ2v) is 7.18. The van der Waals surface area contributed by atoms with Crippen molar-refractivity contribution in [2.45, 2.75) is 20.5 Å². The van der Waals surface area contributed by atoms with Crippen molar-refractivity contribution in [1.82, 2.24) is 5.43 Å². The minimum absolute atomic E-state index is 0.429. The van der Waals surface area contributed by atoms with Crippen LogP contribution in [0, 0.1) is 13.8 Å². The summed E-state index contributed by atoms with van der Waals surface area (Å²) in [6, 6.07) is 21.7. The van der Waals surface area contributed by atoms with Gasteiger partial charge in [0.1, 0.15) is 6.61 Å². The summed E-state index contributed by atoms with van der Waals surface area (Å²) in [7, 11) is 1.62. The Morgan fingerprint density at radius 3 is 2.40 bits per heavy atom. The number of aryl methyl sites for hydroxylation is 2. The Balaban J connectivity index is 1.59. The molecule has 6 heteroatoms. The molecule has 0 aliphatic heterocycles. The van der Waals surface area contributed by atoms with Crippen LogP contribution in [0.4, 0.5) is 5.69 Å². The third-order valence-electron chi connectivity index (χ3n) is 4.52. The van der Waals surface area contributed by atoms with Gasteiger partial charge < -0.3 is 14.8 Å². The van der Waals surface area contributed by atoms with Crippen LogP contribution < -0.4 is 20.2 Å². The lowest BCUT2D eigenvalue weighted by Gasteiger charge is -2.13. The largest absolute Gasteiger partial charge is 0.493 e. The number of hydrazone groups is 1. The van der Waals surface area contributed by atoms with Crippen LogP contribution in [0.15, 0.2) is 71.8 Å². The zero-order valence-corrected chi connectivity index (χ0v) is 18.1. The van der Waals surface area contributed by atoms with E-state index >= 15 is 0 Å². The molecule has 0 bridgehead atoms. The SMILES string of the molecule is COc1cc(/C=N\NC(=S)Nc2c(C)cccc2C)ccc1OCc1ccccc1. The number of rotatable bonds is 7. The molecule has 0 fully saturated rings. The zero-order valence-electron chi connectivity index (χ0n) is 17.3. The molecule has 0 saturated heterocycles. The van der Waals surface area contributed by atoms with Gasteiger partial charge in [-0.05, 0) is 66.5 Å². The quantitative estimate of drug-likeness (QED) is 0.313. The lowest BCUT2D eigenvalue weighted by atomic mass is 10.1. The van der Waals surface area contributed by atoms with Gasteiger partial charge in [0.2, 0.25) is 0 Å². The summed E-state index contributed by atoms with van der Waals surface area (Å²) in [5, 5.41) is 7.84. The van der Waals surface area contributed by atoms with E-state index in [1.54, 1.807) is 13.3 Å². The minimum atomic E-state index is 0.429. The molecular weight excluding hydrogens is 394 g/mol. The van der Waals surface area contributed by atoms with Gasteiger partial charge in [0.15, 0.2) is 16.6 Å². The molecule has 0 heterocycles. The van der Waals surface area contributed by atoms with Crippen molar-refractivity contribution < 1.29 is 9.47 Å². The van der Waals surface area contributed by atoms with E-state index in [9.17, 15) is 0 Å². The number of ether oxygens (including phenoxy) is 2. The van der Waals surface area contributed by atoms with E-state index in [0.717, 1.165) is 27.9 Å². The Labute approximate surface area is 182 Å². The molecule has 0 unspecified atom stereocenters. The van der Waals surface area contributed by atoms with Crippen molar-refractivity contribution in [3.8, 4) is 11.5 Å². The van der Waals surface area contributed by atoms with Gasteiger partial charge in [-0.3, -0.25) is 5.43 Å². The fourth-order valence-electron chi connectivity index (χ4n) is 2.94. The van der Waals surface area contributed by atoms with Crippen LogP contribution in [-0.2, 0) is 6.61 Å². The van der Waals surface area contributed by atoms with Gasteiger partial charge >= 0.3 is 0 Å². The van der Waals surface area contributed by atoms with Crippen LogP contribution in [0.1, 0.15) is 22.3 Å². The first kappa shape index (κ1) is 21.3. The highest BCUT2D eigenvalue weighted by molar-refractivity contribution is 7.80. The lowest BCUT2D eigenvalue weighted by molar-refractivity contribution is 0.284. The molecule has 0 aromatic heterocycles. The molecule has 0 amide bonds. The summed E-state index contributed by atoms with van der Waals surface area (Å²) in [4.78, 5) is 0. The first-order chi connectivity index (χ1) is 14.6. The monoisotopic (exact) mass is 419 g/mol. The van der Waals surface area contributed by atoms with Crippen molar-refractivity contribution in [1.29, 1.82) is 0 Å². The van der Waals surface area contributed by atoms with Gasteiger partial charge in [0.25, 0.3) is 0 Å². The van der Waals surface area contributed by atoms with E-state index in [1.165, 1.54) is 0 Å². The van der Waals surface area contributed by atoms with Gasteiger partial charge in [-0.25, -0.2) is 0 Å². The average molecular weight is 420 g/mol. The van der Waals surface area contributed by atoms with Crippen LogP contribution in [-0.4, -0.2) is 18.4 Å². The molecule has 3 aromatic rings. The molecule has 0 radical (unpaired) electrons. The molecule has 30 heavy (non-hydrogen) atoms. The van der Waals surface area contributed by atoms with Crippen LogP contribution in [0.25, 0.3) is 0 Å². The second kappa shape index (κ2) is 10.4. The number of hydrogen-bond donors (Lipinski definition) is 2. The van der Waals surface area contributed by atoms with E-state index in [1.807, 2.05) is 80.6 Å². The predicted molar refractivity (Wildman–Crippen MR) is 127 cm³/mol. The fourth-order valence-corrected chi connectivity index (χ4v) is 3.09. The van der Waals surface area contributed by atoms with Gasteiger partial charge in [-0.2, -0.15) is 5.10 Å². The van der Waals surface area contributed by atoms with Crippen LogP contribution in [0.5, 0.6) is 11.5 Å². The first-order valence-corrected chi connectivity index (χ1v) is 9.98. The van der Waals surface area contributed by atoms with Crippen LogP contribution in [0.2, 0.25) is 0 Å². The van der Waals surface area contributed by atoms with E-state index in [4.69, 9.17) is 21.7 Å². The molecular formula is C24H25N3O2S. The molecule has 0 aliphatic carbocycles. The maximum atomic E-state index is 5.88. The van der Waals surface area contributed by atoms with E-state index in [-0.39, 0.29) is 0 Å². The number of benzene rings is 3. The first-order valence-electron chi connectivity index (χ1n) is 9.58. The lowest BCUT2D eigenvalue weighted by Crippen LogP contribution is -2.24. The van der Waals surface area contributed by atoms with Crippen LogP contribution in [0.3, 0.4) is 0 Å². The summed E-state index contributed by atoms with van der Waals surface area (Å²) in [6.45, 7) is 4.55. The topological polar surface area (TPSA) is 54.9 Å². The zero-order chi connectivity index (χ0) is 21.3. The molecule has 0 aliphatic rings. The van der Waals surface area contributed by atoms with Crippen molar-refractivity contribution >= 4 is 29.2 Å². The fraction of sp³-hybridized carbons (Fsp3) is 0.167. The molecule has 0 atom stereocenters. The van der Waals surface area contributed by atoms with Gasteiger partial charge in [0.05, 0.1) is 13.3 Å². The predicted octanol–water partition coefficient (Wildman–Crippen LogP) is 5.21. The van der Waals surface area contributed by atoms with Crippen molar-refractivity contribution in [3.05, 3.63) is 89.0 Å². The molecule has 0 saturated carbocycles. The summed E-state index contributed by atoms with van der Waals surface area (Å²) in [6.07, 6.45) is 1.68. The molecule has 3 aromatic carbocycles. The van der Waals surface area contributed by atoms with Crippen molar-refractivity contribution in [2.75, 3.05) is 12.4 Å². The summed E-state index contributed by atoms with van der Waals surface area (Å²) in [5.41, 5.74) is 8.05. The normalized spacial score (nSPS) is 10.6. The summed E-state index contributed by atoms with van der Waals surface area (Å²) < 4.78 is 11.3. The molecule has 2 N–H and O–H groups in total. The smallest absolute Gasteiger partial charge is 0.191 e. The van der Waals surface area contributed by atoms with E-state index in [2.05, 4.69) is 15.8 Å².